The average Bonchev–Trinajstić information content (AvgIpc) is 2.82. The van der Waals surface area contributed by atoms with Crippen molar-refractivity contribution in [3.8, 4) is 0 Å². The molecule has 26 heavy (non-hydrogen) atoms. The average molecular weight is 378 g/mol. The van der Waals surface area contributed by atoms with Crippen LogP contribution in [0.3, 0.4) is 0 Å². The topological polar surface area (TPSA) is 74.8 Å². The second kappa shape index (κ2) is 7.13. The van der Waals surface area contributed by atoms with Crippen molar-refractivity contribution in [2.75, 3.05) is 13.2 Å². The molecule has 0 N–H and O–H groups in total. The van der Waals surface area contributed by atoms with Crippen LogP contribution in [0.4, 0.5) is 4.39 Å². The van der Waals surface area contributed by atoms with Crippen molar-refractivity contribution in [1.29, 1.82) is 0 Å². The Bertz CT molecular complexity index is 994. The highest BCUT2D eigenvalue weighted by Crippen LogP contribution is 2.22. The maximum absolute atomic E-state index is 13.9. The van der Waals surface area contributed by atoms with Crippen molar-refractivity contribution >= 4 is 22.6 Å². The maximum atomic E-state index is 13.9. The second-order valence-corrected chi connectivity index (χ2v) is 6.63. The van der Waals surface area contributed by atoms with Crippen LogP contribution in [0, 0.1) is 5.82 Å². The molecule has 3 aromatic rings. The minimum Gasteiger partial charge on any atom is -0.381 e. The summed E-state index contributed by atoms with van der Waals surface area (Å²) in [7, 11) is 0. The minimum absolute atomic E-state index is 0.0719. The van der Waals surface area contributed by atoms with E-state index in [0.29, 0.717) is 25.2 Å². The summed E-state index contributed by atoms with van der Waals surface area (Å²) in [5.41, 5.74) is 0.466. The summed E-state index contributed by atoms with van der Waals surface area (Å²) in [6.45, 7) is 1.38. The molecule has 3 heterocycles. The summed E-state index contributed by atoms with van der Waals surface area (Å²) in [5.74, 6) is -0.356. The van der Waals surface area contributed by atoms with Gasteiger partial charge in [0.05, 0.1) is 12.6 Å². The lowest BCUT2D eigenvalue weighted by Gasteiger charge is -2.13. The van der Waals surface area contributed by atoms with E-state index in [1.54, 1.807) is 18.2 Å². The van der Waals surface area contributed by atoms with E-state index in [1.165, 1.54) is 15.4 Å². The first-order valence-corrected chi connectivity index (χ1v) is 8.85. The van der Waals surface area contributed by atoms with Crippen LogP contribution in [0.1, 0.15) is 30.9 Å². The number of hydrogen-bond donors (Lipinski definition) is 0. The molecular formula is C17H17ClFN5O2. The van der Waals surface area contributed by atoms with Gasteiger partial charge in [0.2, 0.25) is 0 Å². The molecule has 1 saturated heterocycles. The van der Waals surface area contributed by atoms with Crippen molar-refractivity contribution in [1.82, 2.24) is 24.8 Å². The zero-order chi connectivity index (χ0) is 18.1. The van der Waals surface area contributed by atoms with Gasteiger partial charge in [-0.25, -0.2) is 13.8 Å². The molecule has 1 aromatic carbocycles. The Kier molecular flexibility index (Phi) is 4.69. The Morgan fingerprint density at radius 3 is 2.92 bits per heavy atom. The molecule has 2 aromatic heterocycles. The molecule has 0 amide bonds. The van der Waals surface area contributed by atoms with Gasteiger partial charge < -0.3 is 4.74 Å². The Balaban J connectivity index is 1.74. The van der Waals surface area contributed by atoms with Crippen molar-refractivity contribution in [3.05, 3.63) is 51.2 Å². The van der Waals surface area contributed by atoms with Gasteiger partial charge in [0, 0.05) is 18.8 Å². The molecule has 0 bridgehead atoms. The lowest BCUT2D eigenvalue weighted by Crippen LogP contribution is -2.29. The van der Waals surface area contributed by atoms with Crippen LogP contribution in [-0.2, 0) is 11.3 Å². The van der Waals surface area contributed by atoms with E-state index in [1.807, 2.05) is 0 Å². The zero-order valence-corrected chi connectivity index (χ0v) is 14.7. The second-order valence-electron chi connectivity index (χ2n) is 6.27. The predicted molar refractivity (Wildman–Crippen MR) is 93.8 cm³/mol. The summed E-state index contributed by atoms with van der Waals surface area (Å²) in [6.07, 6.45) is 2.35. The van der Waals surface area contributed by atoms with Crippen LogP contribution < -0.4 is 5.56 Å². The van der Waals surface area contributed by atoms with E-state index in [9.17, 15) is 9.18 Å². The summed E-state index contributed by atoms with van der Waals surface area (Å²) in [4.78, 5) is 12.8. The summed E-state index contributed by atoms with van der Waals surface area (Å²) >= 11 is 6.30. The van der Waals surface area contributed by atoms with Gasteiger partial charge in [-0.05, 0) is 25.3 Å². The van der Waals surface area contributed by atoms with Gasteiger partial charge in [0.1, 0.15) is 5.82 Å². The third-order valence-electron chi connectivity index (χ3n) is 4.56. The molecule has 1 atom stereocenters. The summed E-state index contributed by atoms with van der Waals surface area (Å²) < 4.78 is 22.1. The number of hydrogen-bond acceptors (Lipinski definition) is 5. The van der Waals surface area contributed by atoms with Crippen LogP contribution in [-0.4, -0.2) is 38.0 Å². The first-order chi connectivity index (χ1) is 12.6. The van der Waals surface area contributed by atoms with Gasteiger partial charge >= 0.3 is 0 Å². The van der Waals surface area contributed by atoms with Crippen molar-refractivity contribution < 1.29 is 9.13 Å². The molecular weight excluding hydrogens is 361 g/mol. The third kappa shape index (κ3) is 3.10. The van der Waals surface area contributed by atoms with Gasteiger partial charge in [-0.15, -0.1) is 5.10 Å². The monoisotopic (exact) mass is 377 g/mol. The van der Waals surface area contributed by atoms with Gasteiger partial charge in [-0.1, -0.05) is 35.0 Å². The standard InChI is InChI=1S/C17H17ClFN5O2/c18-16-14-15(21-23(16)10-11-4-1-2-6-13(11)19)17(25)24(22-20-14)12-5-3-8-26-9-7-12/h1-2,4,6,12H,3,5,7-10H2. The van der Waals surface area contributed by atoms with E-state index in [-0.39, 0.29) is 40.1 Å². The number of halogens is 2. The van der Waals surface area contributed by atoms with E-state index in [4.69, 9.17) is 16.3 Å². The number of rotatable bonds is 3. The Hall–Kier alpha value is -2.32. The molecule has 1 aliphatic rings. The highest BCUT2D eigenvalue weighted by atomic mass is 35.5. The molecule has 0 aliphatic carbocycles. The van der Waals surface area contributed by atoms with Gasteiger partial charge in [0.25, 0.3) is 5.56 Å². The van der Waals surface area contributed by atoms with Crippen LogP contribution in [0.15, 0.2) is 29.1 Å². The normalized spacial score (nSPS) is 18.2. The summed E-state index contributed by atoms with van der Waals surface area (Å²) in [6, 6.07) is 6.29. The van der Waals surface area contributed by atoms with Crippen molar-refractivity contribution in [2.45, 2.75) is 31.8 Å². The van der Waals surface area contributed by atoms with E-state index in [0.717, 1.165) is 12.8 Å². The first kappa shape index (κ1) is 17.1. The van der Waals surface area contributed by atoms with Crippen molar-refractivity contribution in [3.63, 3.8) is 0 Å². The smallest absolute Gasteiger partial charge is 0.298 e. The van der Waals surface area contributed by atoms with Gasteiger partial charge in [0.15, 0.2) is 16.2 Å². The Morgan fingerprint density at radius 2 is 2.08 bits per heavy atom. The molecule has 0 radical (unpaired) electrons. The number of ether oxygens (including phenoxy) is 1. The fraction of sp³-hybridized carbons (Fsp3) is 0.412. The third-order valence-corrected chi connectivity index (χ3v) is 4.94. The highest BCUT2D eigenvalue weighted by Gasteiger charge is 2.22. The van der Waals surface area contributed by atoms with Crippen LogP contribution in [0.2, 0.25) is 5.15 Å². The van der Waals surface area contributed by atoms with E-state index in [2.05, 4.69) is 15.4 Å². The molecule has 0 saturated carbocycles. The Labute approximate surface area is 153 Å². The van der Waals surface area contributed by atoms with E-state index >= 15 is 0 Å². The van der Waals surface area contributed by atoms with E-state index < -0.39 is 0 Å². The SMILES string of the molecule is O=c1c2nn(Cc3ccccc3F)c(Cl)c2nnn1C1CCCOCC1. The van der Waals surface area contributed by atoms with Crippen LogP contribution >= 0.6 is 11.6 Å². The van der Waals surface area contributed by atoms with Crippen molar-refractivity contribution in [2.24, 2.45) is 0 Å². The fourth-order valence-electron chi connectivity index (χ4n) is 3.17. The highest BCUT2D eigenvalue weighted by molar-refractivity contribution is 6.33. The predicted octanol–water partition coefficient (Wildman–Crippen LogP) is 2.57. The Morgan fingerprint density at radius 1 is 1.23 bits per heavy atom. The number of aromatic nitrogens is 5. The largest absolute Gasteiger partial charge is 0.381 e. The van der Waals surface area contributed by atoms with Crippen LogP contribution in [0.5, 0.6) is 0 Å². The lowest BCUT2D eigenvalue weighted by atomic mass is 10.1. The van der Waals surface area contributed by atoms with Gasteiger partial charge in [-0.3, -0.25) is 4.79 Å². The molecule has 4 rings (SSSR count). The molecule has 9 heteroatoms. The number of fused-ring (bicyclic) bond motifs is 1. The molecule has 7 nitrogen and oxygen atoms in total. The zero-order valence-electron chi connectivity index (χ0n) is 13.9. The maximum Gasteiger partial charge on any atom is 0.298 e. The molecule has 1 fully saturated rings. The molecule has 1 aliphatic heterocycles. The first-order valence-electron chi connectivity index (χ1n) is 8.48. The molecule has 1 unspecified atom stereocenters. The van der Waals surface area contributed by atoms with Crippen LogP contribution in [0.25, 0.3) is 11.0 Å². The molecule has 136 valence electrons. The van der Waals surface area contributed by atoms with Gasteiger partial charge in [-0.2, -0.15) is 5.10 Å². The number of nitrogens with zero attached hydrogens (tertiary/aromatic N) is 5. The quantitative estimate of drug-likeness (QED) is 0.701. The fourth-order valence-corrected chi connectivity index (χ4v) is 3.39. The number of benzene rings is 1. The summed E-state index contributed by atoms with van der Waals surface area (Å²) in [5, 5.41) is 12.6. The lowest BCUT2D eigenvalue weighted by molar-refractivity contribution is 0.141. The molecule has 0 spiro atoms. The minimum atomic E-state index is -0.356.